The fraction of sp³-hybridized carbons (Fsp3) is 0.250. The Kier molecular flexibility index (Phi) is 5.41. The first-order valence-electron chi connectivity index (χ1n) is 6.53. The average molecular weight is 312 g/mol. The number of halogens is 3. The summed E-state index contributed by atoms with van der Waals surface area (Å²) >= 11 is 12.0. The molecule has 0 fully saturated rings. The molecule has 0 aliphatic carbocycles. The first-order chi connectivity index (χ1) is 9.61. The van der Waals surface area contributed by atoms with Crippen molar-refractivity contribution in [3.8, 4) is 0 Å². The van der Waals surface area contributed by atoms with Gasteiger partial charge in [0.25, 0.3) is 0 Å². The molecule has 20 heavy (non-hydrogen) atoms. The van der Waals surface area contributed by atoms with Crippen LogP contribution in [0.4, 0.5) is 4.39 Å². The van der Waals surface area contributed by atoms with Crippen LogP contribution in [0.15, 0.2) is 42.5 Å². The molecule has 4 heteroatoms. The van der Waals surface area contributed by atoms with Crippen molar-refractivity contribution in [1.82, 2.24) is 5.32 Å². The highest BCUT2D eigenvalue weighted by molar-refractivity contribution is 6.42. The Hall–Kier alpha value is -1.09. The van der Waals surface area contributed by atoms with E-state index in [0.29, 0.717) is 22.0 Å². The molecule has 1 nitrogen and oxygen atoms in total. The smallest absolute Gasteiger partial charge is 0.126 e. The first-order valence-corrected chi connectivity index (χ1v) is 7.29. The topological polar surface area (TPSA) is 12.0 Å². The second kappa shape index (κ2) is 7.07. The SMILES string of the molecule is CCNC(Cc1ccccc1F)c1ccc(Cl)c(Cl)c1. The Bertz CT molecular complexity index is 586. The highest BCUT2D eigenvalue weighted by atomic mass is 35.5. The molecule has 0 aliphatic rings. The van der Waals surface area contributed by atoms with E-state index < -0.39 is 0 Å². The molecule has 2 rings (SSSR count). The van der Waals surface area contributed by atoms with Gasteiger partial charge in [0.15, 0.2) is 0 Å². The lowest BCUT2D eigenvalue weighted by atomic mass is 9.98. The van der Waals surface area contributed by atoms with E-state index in [1.165, 1.54) is 6.07 Å². The highest BCUT2D eigenvalue weighted by Gasteiger charge is 2.14. The summed E-state index contributed by atoms with van der Waals surface area (Å²) in [6.07, 6.45) is 0.568. The van der Waals surface area contributed by atoms with E-state index in [0.717, 1.165) is 12.1 Å². The second-order valence-electron chi connectivity index (χ2n) is 4.58. The Morgan fingerprint density at radius 3 is 2.50 bits per heavy atom. The van der Waals surface area contributed by atoms with E-state index in [-0.39, 0.29) is 11.9 Å². The van der Waals surface area contributed by atoms with Crippen LogP contribution < -0.4 is 5.32 Å². The van der Waals surface area contributed by atoms with Gasteiger partial charge in [-0.15, -0.1) is 0 Å². The van der Waals surface area contributed by atoms with Crippen molar-refractivity contribution < 1.29 is 4.39 Å². The third kappa shape index (κ3) is 3.72. The van der Waals surface area contributed by atoms with Crippen molar-refractivity contribution in [2.24, 2.45) is 0 Å². The third-order valence-electron chi connectivity index (χ3n) is 3.18. The zero-order valence-corrected chi connectivity index (χ0v) is 12.7. The molecule has 0 amide bonds. The molecular weight excluding hydrogens is 296 g/mol. The lowest BCUT2D eigenvalue weighted by Gasteiger charge is -2.19. The number of hydrogen-bond acceptors (Lipinski definition) is 1. The summed E-state index contributed by atoms with van der Waals surface area (Å²) in [5.74, 6) is -0.185. The molecule has 2 aromatic rings. The number of hydrogen-bond donors (Lipinski definition) is 1. The van der Waals surface area contributed by atoms with Gasteiger partial charge in [-0.3, -0.25) is 0 Å². The number of benzene rings is 2. The predicted octanol–water partition coefficient (Wildman–Crippen LogP) is 5.03. The minimum atomic E-state index is -0.185. The maximum atomic E-state index is 13.8. The van der Waals surface area contributed by atoms with Gasteiger partial charge < -0.3 is 5.32 Å². The summed E-state index contributed by atoms with van der Waals surface area (Å²) in [6, 6.07) is 12.3. The zero-order chi connectivity index (χ0) is 14.5. The van der Waals surface area contributed by atoms with Gasteiger partial charge in [0.05, 0.1) is 10.0 Å². The molecule has 0 heterocycles. The van der Waals surface area contributed by atoms with Gasteiger partial charge in [0.1, 0.15) is 5.82 Å². The van der Waals surface area contributed by atoms with Crippen LogP contribution in [0.25, 0.3) is 0 Å². The van der Waals surface area contributed by atoms with Gasteiger partial charge in [0, 0.05) is 6.04 Å². The van der Waals surface area contributed by atoms with Crippen molar-refractivity contribution in [3.05, 3.63) is 69.5 Å². The molecular formula is C16H16Cl2FN. The van der Waals surface area contributed by atoms with E-state index in [4.69, 9.17) is 23.2 Å². The van der Waals surface area contributed by atoms with Gasteiger partial charge >= 0.3 is 0 Å². The Morgan fingerprint density at radius 2 is 1.85 bits per heavy atom. The summed E-state index contributed by atoms with van der Waals surface area (Å²) < 4.78 is 13.8. The summed E-state index contributed by atoms with van der Waals surface area (Å²) in [4.78, 5) is 0. The lowest BCUT2D eigenvalue weighted by molar-refractivity contribution is 0.528. The molecule has 0 bridgehead atoms. The van der Waals surface area contributed by atoms with E-state index in [1.807, 2.05) is 25.1 Å². The highest BCUT2D eigenvalue weighted by Crippen LogP contribution is 2.27. The maximum absolute atomic E-state index is 13.8. The summed E-state index contributed by atoms with van der Waals surface area (Å²) in [5.41, 5.74) is 1.69. The van der Waals surface area contributed by atoms with Crippen LogP contribution in [0.5, 0.6) is 0 Å². The Labute approximate surface area is 128 Å². The molecule has 1 N–H and O–H groups in total. The summed E-state index contributed by atoms with van der Waals surface area (Å²) in [5, 5.41) is 4.39. The van der Waals surface area contributed by atoms with Crippen LogP contribution >= 0.6 is 23.2 Å². The Balaban J connectivity index is 2.27. The summed E-state index contributed by atoms with van der Waals surface area (Å²) in [7, 11) is 0. The monoisotopic (exact) mass is 311 g/mol. The fourth-order valence-corrected chi connectivity index (χ4v) is 2.47. The molecule has 106 valence electrons. The fourth-order valence-electron chi connectivity index (χ4n) is 2.17. The van der Waals surface area contributed by atoms with Gasteiger partial charge in [-0.05, 0) is 42.3 Å². The van der Waals surface area contributed by atoms with Gasteiger partial charge in [-0.2, -0.15) is 0 Å². The molecule has 0 saturated carbocycles. The van der Waals surface area contributed by atoms with Crippen molar-refractivity contribution in [3.63, 3.8) is 0 Å². The van der Waals surface area contributed by atoms with Crippen LogP contribution in [0.1, 0.15) is 24.1 Å². The molecule has 0 spiro atoms. The Morgan fingerprint density at radius 1 is 1.10 bits per heavy atom. The minimum absolute atomic E-state index is 0.00617. The van der Waals surface area contributed by atoms with E-state index in [9.17, 15) is 4.39 Å². The first kappa shape index (κ1) is 15.3. The van der Waals surface area contributed by atoms with Crippen LogP contribution in [0.2, 0.25) is 10.0 Å². The van der Waals surface area contributed by atoms with Crippen LogP contribution in [-0.2, 0) is 6.42 Å². The van der Waals surface area contributed by atoms with E-state index in [1.54, 1.807) is 18.2 Å². The predicted molar refractivity (Wildman–Crippen MR) is 83.0 cm³/mol. The molecule has 0 aromatic heterocycles. The average Bonchev–Trinajstić information content (AvgIpc) is 2.44. The van der Waals surface area contributed by atoms with Crippen molar-refractivity contribution in [2.75, 3.05) is 6.54 Å². The molecule has 0 radical (unpaired) electrons. The zero-order valence-electron chi connectivity index (χ0n) is 11.2. The van der Waals surface area contributed by atoms with Crippen LogP contribution in [0, 0.1) is 5.82 Å². The third-order valence-corrected chi connectivity index (χ3v) is 3.92. The van der Waals surface area contributed by atoms with Crippen molar-refractivity contribution >= 4 is 23.2 Å². The normalized spacial score (nSPS) is 12.4. The van der Waals surface area contributed by atoms with Crippen molar-refractivity contribution in [1.29, 1.82) is 0 Å². The molecule has 0 saturated heterocycles. The van der Waals surface area contributed by atoms with Crippen molar-refractivity contribution in [2.45, 2.75) is 19.4 Å². The van der Waals surface area contributed by atoms with Crippen LogP contribution in [0.3, 0.4) is 0 Å². The molecule has 0 aliphatic heterocycles. The molecule has 2 aromatic carbocycles. The largest absolute Gasteiger partial charge is 0.310 e. The number of rotatable bonds is 5. The maximum Gasteiger partial charge on any atom is 0.126 e. The standard InChI is InChI=1S/C16H16Cl2FN/c1-2-20-16(10-11-5-3-4-6-15(11)19)12-7-8-13(17)14(18)9-12/h3-9,16,20H,2,10H2,1H3. The van der Waals surface area contributed by atoms with Gasteiger partial charge in [-0.1, -0.05) is 54.4 Å². The number of likely N-dealkylation sites (N-methyl/N-ethyl adjacent to an activating group) is 1. The van der Waals surface area contributed by atoms with Gasteiger partial charge in [-0.25, -0.2) is 4.39 Å². The second-order valence-corrected chi connectivity index (χ2v) is 5.39. The van der Waals surface area contributed by atoms with Gasteiger partial charge in [0.2, 0.25) is 0 Å². The molecule has 1 unspecified atom stereocenters. The van der Waals surface area contributed by atoms with E-state index >= 15 is 0 Å². The number of nitrogens with one attached hydrogen (secondary N) is 1. The van der Waals surface area contributed by atoms with Crippen LogP contribution in [-0.4, -0.2) is 6.54 Å². The summed E-state index contributed by atoms with van der Waals surface area (Å²) in [6.45, 7) is 2.81. The van der Waals surface area contributed by atoms with E-state index in [2.05, 4.69) is 5.32 Å². The quantitative estimate of drug-likeness (QED) is 0.817. The minimum Gasteiger partial charge on any atom is -0.310 e. The molecule has 1 atom stereocenters. The lowest BCUT2D eigenvalue weighted by Crippen LogP contribution is -2.23.